The lowest BCUT2D eigenvalue weighted by molar-refractivity contribution is 0.360. The van der Waals surface area contributed by atoms with Crippen molar-refractivity contribution in [3.8, 4) is 11.5 Å². The van der Waals surface area contributed by atoms with Gasteiger partial charge in [-0.25, -0.2) is 4.98 Å². The molecule has 0 aliphatic carbocycles. The van der Waals surface area contributed by atoms with Crippen LogP contribution in [0, 0.1) is 0 Å². The molecule has 0 saturated carbocycles. The van der Waals surface area contributed by atoms with Crippen LogP contribution >= 0.6 is 11.3 Å². The van der Waals surface area contributed by atoms with Crippen molar-refractivity contribution in [1.29, 1.82) is 0 Å². The van der Waals surface area contributed by atoms with Gasteiger partial charge in [0.2, 0.25) is 11.7 Å². The predicted molar refractivity (Wildman–Crippen MR) is 82.0 cm³/mol. The van der Waals surface area contributed by atoms with Crippen molar-refractivity contribution in [2.75, 3.05) is 6.54 Å². The summed E-state index contributed by atoms with van der Waals surface area (Å²) in [5, 5.41) is 9.36. The standard InChI is InChI=1S/C15H16N4OS/c1-2-16-12(11-6-4-3-5-7-11)8-14-18-15(19-20-14)13-9-21-10-17-13/h3-7,9-10,12,16H,2,8H2,1H3. The quantitative estimate of drug-likeness (QED) is 0.758. The van der Waals surface area contributed by atoms with Crippen molar-refractivity contribution in [3.63, 3.8) is 0 Å². The molecule has 1 aromatic carbocycles. The van der Waals surface area contributed by atoms with Gasteiger partial charge in [-0.1, -0.05) is 42.4 Å². The van der Waals surface area contributed by atoms with Gasteiger partial charge in [-0.3, -0.25) is 0 Å². The zero-order valence-corrected chi connectivity index (χ0v) is 12.5. The molecule has 21 heavy (non-hydrogen) atoms. The van der Waals surface area contributed by atoms with E-state index in [9.17, 15) is 0 Å². The summed E-state index contributed by atoms with van der Waals surface area (Å²) < 4.78 is 5.35. The molecule has 5 nitrogen and oxygen atoms in total. The Labute approximate surface area is 127 Å². The van der Waals surface area contributed by atoms with Gasteiger partial charge in [0.15, 0.2) is 0 Å². The zero-order chi connectivity index (χ0) is 14.5. The van der Waals surface area contributed by atoms with E-state index in [2.05, 4.69) is 39.5 Å². The molecule has 108 valence electrons. The smallest absolute Gasteiger partial charge is 0.228 e. The molecule has 0 aliphatic heterocycles. The molecule has 0 amide bonds. The number of benzene rings is 1. The summed E-state index contributed by atoms with van der Waals surface area (Å²) in [6.45, 7) is 2.97. The summed E-state index contributed by atoms with van der Waals surface area (Å²) in [5.74, 6) is 1.17. The maximum atomic E-state index is 5.35. The first kappa shape index (κ1) is 13.9. The van der Waals surface area contributed by atoms with E-state index >= 15 is 0 Å². The van der Waals surface area contributed by atoms with Gasteiger partial charge in [0.1, 0.15) is 5.69 Å². The molecular weight excluding hydrogens is 284 g/mol. The number of nitrogens with zero attached hydrogens (tertiary/aromatic N) is 3. The van der Waals surface area contributed by atoms with Gasteiger partial charge < -0.3 is 9.84 Å². The first-order valence-electron chi connectivity index (χ1n) is 6.86. The molecule has 1 unspecified atom stereocenters. The fraction of sp³-hybridized carbons (Fsp3) is 0.267. The summed E-state index contributed by atoms with van der Waals surface area (Å²) in [4.78, 5) is 8.62. The summed E-state index contributed by atoms with van der Waals surface area (Å²) in [7, 11) is 0. The second-order valence-electron chi connectivity index (χ2n) is 4.61. The van der Waals surface area contributed by atoms with Crippen LogP contribution in [0.25, 0.3) is 11.5 Å². The molecule has 0 spiro atoms. The lowest BCUT2D eigenvalue weighted by Gasteiger charge is -2.16. The number of likely N-dealkylation sites (N-methyl/N-ethyl adjacent to an activating group) is 1. The van der Waals surface area contributed by atoms with Gasteiger partial charge in [-0.05, 0) is 12.1 Å². The second-order valence-corrected chi connectivity index (χ2v) is 5.33. The molecular formula is C15H16N4OS. The molecule has 0 aliphatic rings. The Kier molecular flexibility index (Phi) is 4.37. The maximum absolute atomic E-state index is 5.35. The number of nitrogens with one attached hydrogen (secondary N) is 1. The van der Waals surface area contributed by atoms with Crippen molar-refractivity contribution >= 4 is 11.3 Å². The van der Waals surface area contributed by atoms with E-state index in [1.807, 2.05) is 23.6 Å². The van der Waals surface area contributed by atoms with Crippen LogP contribution in [0.2, 0.25) is 0 Å². The molecule has 2 aromatic heterocycles. The Balaban J connectivity index is 1.77. The van der Waals surface area contributed by atoms with E-state index < -0.39 is 0 Å². The molecule has 3 rings (SSSR count). The average molecular weight is 300 g/mol. The van der Waals surface area contributed by atoms with Crippen molar-refractivity contribution in [1.82, 2.24) is 20.4 Å². The fourth-order valence-corrected chi connectivity index (χ4v) is 2.71. The number of hydrogen-bond acceptors (Lipinski definition) is 6. The van der Waals surface area contributed by atoms with Gasteiger partial charge in [0.25, 0.3) is 0 Å². The third-order valence-electron chi connectivity index (χ3n) is 3.16. The summed E-state index contributed by atoms with van der Waals surface area (Å²) >= 11 is 1.52. The largest absolute Gasteiger partial charge is 0.339 e. The Morgan fingerprint density at radius 2 is 2.14 bits per heavy atom. The minimum Gasteiger partial charge on any atom is -0.339 e. The Morgan fingerprint density at radius 3 is 2.86 bits per heavy atom. The van der Waals surface area contributed by atoms with E-state index in [1.165, 1.54) is 16.9 Å². The average Bonchev–Trinajstić information content (AvgIpc) is 3.19. The van der Waals surface area contributed by atoms with E-state index in [1.54, 1.807) is 5.51 Å². The van der Waals surface area contributed by atoms with E-state index in [4.69, 9.17) is 4.52 Å². The van der Waals surface area contributed by atoms with Crippen molar-refractivity contribution in [2.45, 2.75) is 19.4 Å². The van der Waals surface area contributed by atoms with Crippen LogP contribution in [0.5, 0.6) is 0 Å². The van der Waals surface area contributed by atoms with Crippen LogP contribution < -0.4 is 5.32 Å². The molecule has 0 bridgehead atoms. The Bertz CT molecular complexity index is 666. The summed E-state index contributed by atoms with van der Waals surface area (Å²) in [6, 6.07) is 10.5. The lowest BCUT2D eigenvalue weighted by Crippen LogP contribution is -2.23. The Hall–Kier alpha value is -2.05. The van der Waals surface area contributed by atoms with Crippen molar-refractivity contribution in [2.24, 2.45) is 0 Å². The van der Waals surface area contributed by atoms with E-state index in [0.717, 1.165) is 12.2 Å². The highest BCUT2D eigenvalue weighted by Gasteiger charge is 2.16. The lowest BCUT2D eigenvalue weighted by atomic mass is 10.0. The second kappa shape index (κ2) is 6.60. The van der Waals surface area contributed by atoms with Gasteiger partial charge in [0, 0.05) is 17.8 Å². The van der Waals surface area contributed by atoms with Crippen molar-refractivity contribution in [3.05, 3.63) is 52.7 Å². The van der Waals surface area contributed by atoms with Crippen LogP contribution in [0.1, 0.15) is 24.4 Å². The number of aromatic nitrogens is 3. The minimum absolute atomic E-state index is 0.167. The monoisotopic (exact) mass is 300 g/mol. The van der Waals surface area contributed by atoms with Gasteiger partial charge in [-0.15, -0.1) is 11.3 Å². The third kappa shape index (κ3) is 3.34. The summed E-state index contributed by atoms with van der Waals surface area (Å²) in [6.07, 6.45) is 0.662. The number of rotatable bonds is 6. The van der Waals surface area contributed by atoms with Gasteiger partial charge in [0.05, 0.1) is 5.51 Å². The van der Waals surface area contributed by atoms with Gasteiger partial charge >= 0.3 is 0 Å². The SMILES string of the molecule is CCNC(Cc1nc(-c2cscn2)no1)c1ccccc1. The molecule has 0 fully saturated rings. The summed E-state index contributed by atoms with van der Waals surface area (Å²) in [5.41, 5.74) is 3.74. The van der Waals surface area contributed by atoms with E-state index in [-0.39, 0.29) is 6.04 Å². The highest BCUT2D eigenvalue weighted by atomic mass is 32.1. The third-order valence-corrected chi connectivity index (χ3v) is 3.75. The Morgan fingerprint density at radius 1 is 1.29 bits per heavy atom. The van der Waals surface area contributed by atoms with Crippen LogP contribution in [0.15, 0.2) is 45.7 Å². The zero-order valence-electron chi connectivity index (χ0n) is 11.7. The minimum atomic E-state index is 0.167. The van der Waals surface area contributed by atoms with Crippen LogP contribution in [-0.4, -0.2) is 21.7 Å². The molecule has 0 radical (unpaired) electrons. The number of thiazole rings is 1. The number of hydrogen-bond donors (Lipinski definition) is 1. The molecule has 3 aromatic rings. The molecule has 0 saturated heterocycles. The van der Waals surface area contributed by atoms with Crippen LogP contribution in [0.4, 0.5) is 0 Å². The first-order chi connectivity index (χ1) is 10.4. The molecule has 6 heteroatoms. The van der Waals surface area contributed by atoms with Crippen LogP contribution in [-0.2, 0) is 6.42 Å². The topological polar surface area (TPSA) is 63.8 Å². The van der Waals surface area contributed by atoms with E-state index in [0.29, 0.717) is 18.1 Å². The molecule has 1 N–H and O–H groups in total. The maximum Gasteiger partial charge on any atom is 0.228 e. The van der Waals surface area contributed by atoms with Crippen molar-refractivity contribution < 1.29 is 4.52 Å². The normalized spacial score (nSPS) is 12.4. The first-order valence-corrected chi connectivity index (χ1v) is 7.80. The highest BCUT2D eigenvalue weighted by Crippen LogP contribution is 2.20. The molecule has 2 heterocycles. The van der Waals surface area contributed by atoms with Gasteiger partial charge in [-0.2, -0.15) is 4.98 Å². The van der Waals surface area contributed by atoms with Crippen LogP contribution in [0.3, 0.4) is 0 Å². The molecule has 1 atom stereocenters. The predicted octanol–water partition coefficient (Wildman–Crippen LogP) is 3.09. The highest BCUT2D eigenvalue weighted by molar-refractivity contribution is 7.07. The fourth-order valence-electron chi connectivity index (χ4n) is 2.18.